The van der Waals surface area contributed by atoms with Crippen LogP contribution < -0.4 is 5.73 Å². The maximum atomic E-state index is 14.0. The third kappa shape index (κ3) is 3.76. The molecule has 4 aliphatic heterocycles. The van der Waals surface area contributed by atoms with Gasteiger partial charge in [0.25, 0.3) is 0 Å². The zero-order valence-electron chi connectivity index (χ0n) is 20.3. The summed E-state index contributed by atoms with van der Waals surface area (Å²) in [6, 6.07) is 10.7. The summed E-state index contributed by atoms with van der Waals surface area (Å²) in [6.45, 7) is 2.34. The van der Waals surface area contributed by atoms with E-state index in [0.717, 1.165) is 64.7 Å². The summed E-state index contributed by atoms with van der Waals surface area (Å²) in [5.74, 6) is 0.535. The number of fused-ring (bicyclic) bond motifs is 1. The van der Waals surface area contributed by atoms with E-state index in [9.17, 15) is 9.59 Å². The van der Waals surface area contributed by atoms with E-state index in [1.54, 1.807) is 0 Å². The van der Waals surface area contributed by atoms with Gasteiger partial charge in [-0.1, -0.05) is 30.3 Å². The smallest absolute Gasteiger partial charge is 0.245 e. The maximum absolute atomic E-state index is 14.0. The molecule has 2 amide bonds. The van der Waals surface area contributed by atoms with Gasteiger partial charge in [0.05, 0.1) is 25.3 Å². The minimum atomic E-state index is -0.518. The zero-order chi connectivity index (χ0) is 23.4. The maximum Gasteiger partial charge on any atom is 0.245 e. The Balaban J connectivity index is 1.21. The summed E-state index contributed by atoms with van der Waals surface area (Å²) in [5, 5.41) is 0. The number of likely N-dealkylation sites (tertiary alicyclic amines) is 1. The number of carbonyl (C=O) groups is 2. The van der Waals surface area contributed by atoms with Crippen molar-refractivity contribution < 1.29 is 14.3 Å². The summed E-state index contributed by atoms with van der Waals surface area (Å²) in [6.07, 6.45) is 7.39. The third-order valence-corrected chi connectivity index (χ3v) is 9.45. The molecule has 1 aromatic carbocycles. The second kappa shape index (κ2) is 8.61. The Morgan fingerprint density at radius 2 is 1.85 bits per heavy atom. The molecular formula is C27H38N4O3. The highest BCUT2D eigenvalue weighted by Crippen LogP contribution is 2.54. The number of hydrogen-bond acceptors (Lipinski definition) is 5. The molecule has 1 saturated carbocycles. The molecule has 0 unspecified atom stereocenters. The number of carbonyl (C=O) groups excluding carboxylic acids is 2. The topological polar surface area (TPSA) is 79.1 Å². The summed E-state index contributed by atoms with van der Waals surface area (Å²) < 4.78 is 5.42. The van der Waals surface area contributed by atoms with Crippen molar-refractivity contribution in [3.05, 3.63) is 35.9 Å². The molecule has 5 fully saturated rings. The van der Waals surface area contributed by atoms with E-state index in [4.69, 9.17) is 10.5 Å². The first kappa shape index (κ1) is 22.5. The van der Waals surface area contributed by atoms with Crippen LogP contribution in [0.4, 0.5) is 0 Å². The van der Waals surface area contributed by atoms with Crippen molar-refractivity contribution in [2.75, 3.05) is 26.8 Å². The van der Waals surface area contributed by atoms with Gasteiger partial charge in [0.15, 0.2) is 0 Å². The van der Waals surface area contributed by atoms with Gasteiger partial charge < -0.3 is 20.3 Å². The predicted octanol–water partition coefficient (Wildman–Crippen LogP) is 2.11. The first-order chi connectivity index (χ1) is 16.5. The molecule has 5 atom stereocenters. The van der Waals surface area contributed by atoms with E-state index in [-0.39, 0.29) is 29.4 Å². The Hall–Kier alpha value is -1.96. The number of ether oxygens (including phenoxy) is 1. The molecule has 4 heterocycles. The number of hydrogen-bond donors (Lipinski definition) is 1. The van der Waals surface area contributed by atoms with Crippen LogP contribution in [-0.4, -0.2) is 89.1 Å². The molecular weight excluding hydrogens is 428 g/mol. The lowest BCUT2D eigenvalue weighted by Gasteiger charge is -2.44. The Morgan fingerprint density at radius 3 is 2.53 bits per heavy atom. The van der Waals surface area contributed by atoms with E-state index in [1.807, 2.05) is 11.0 Å². The lowest BCUT2D eigenvalue weighted by molar-refractivity contribution is -0.148. The van der Waals surface area contributed by atoms with Crippen LogP contribution in [0.3, 0.4) is 0 Å². The lowest BCUT2D eigenvalue weighted by Crippen LogP contribution is -2.59. The summed E-state index contributed by atoms with van der Waals surface area (Å²) >= 11 is 0. The minimum Gasteiger partial charge on any atom is -0.378 e. The van der Waals surface area contributed by atoms with Gasteiger partial charge in [-0.15, -0.1) is 0 Å². The normalized spacial score (nSPS) is 35.3. The Morgan fingerprint density at radius 1 is 1.09 bits per heavy atom. The van der Waals surface area contributed by atoms with Gasteiger partial charge in [0, 0.05) is 30.1 Å². The van der Waals surface area contributed by atoms with E-state index in [2.05, 4.69) is 41.1 Å². The summed E-state index contributed by atoms with van der Waals surface area (Å²) in [5.41, 5.74) is 7.74. The lowest BCUT2D eigenvalue weighted by atomic mass is 9.93. The van der Waals surface area contributed by atoms with E-state index >= 15 is 0 Å². The van der Waals surface area contributed by atoms with E-state index < -0.39 is 6.04 Å². The average molecular weight is 467 g/mol. The molecule has 1 aromatic rings. The molecule has 1 aliphatic carbocycles. The van der Waals surface area contributed by atoms with Gasteiger partial charge in [0.2, 0.25) is 11.8 Å². The van der Waals surface area contributed by atoms with Gasteiger partial charge in [-0.3, -0.25) is 14.5 Å². The molecule has 184 valence electrons. The van der Waals surface area contributed by atoms with Crippen molar-refractivity contribution in [1.29, 1.82) is 0 Å². The highest BCUT2D eigenvalue weighted by atomic mass is 16.5. The van der Waals surface area contributed by atoms with Gasteiger partial charge in [-0.2, -0.15) is 0 Å². The SMILES string of the molecule is CN(C1COC1)[C@H]1CC[C@H](N)C(=O)N2[C@H](CC[C@H]2C(=O)N2C[C@@H](c3ccccc3)CC23CC3)C1. The van der Waals surface area contributed by atoms with Crippen LogP contribution in [0, 0.1) is 0 Å². The number of amides is 2. The van der Waals surface area contributed by atoms with Crippen LogP contribution in [0.2, 0.25) is 0 Å². The van der Waals surface area contributed by atoms with Crippen LogP contribution in [0.25, 0.3) is 0 Å². The average Bonchev–Trinajstić information content (AvgIpc) is 3.30. The van der Waals surface area contributed by atoms with Crippen LogP contribution >= 0.6 is 0 Å². The predicted molar refractivity (Wildman–Crippen MR) is 129 cm³/mol. The summed E-state index contributed by atoms with van der Waals surface area (Å²) in [7, 11) is 2.18. The standard InChI is InChI=1S/C27H38N4O3/c1-29(22-16-34-17-22)20-7-9-23(28)25(32)31-21(13-20)8-10-24(31)26(33)30-15-19(14-27(30)11-12-27)18-5-3-2-4-6-18/h2-6,19-24H,7-17,28H2,1H3/t19-,20-,21+,23-,24-/m0/s1. The van der Waals surface area contributed by atoms with Gasteiger partial charge >= 0.3 is 0 Å². The fraction of sp³-hybridized carbons (Fsp3) is 0.704. The molecule has 5 aliphatic rings. The van der Waals surface area contributed by atoms with E-state index in [0.29, 0.717) is 24.4 Å². The first-order valence-electron chi connectivity index (χ1n) is 13.2. The molecule has 0 radical (unpaired) electrons. The molecule has 7 nitrogen and oxygen atoms in total. The monoisotopic (exact) mass is 466 g/mol. The third-order valence-electron chi connectivity index (χ3n) is 9.45. The quantitative estimate of drug-likeness (QED) is 0.735. The molecule has 2 N–H and O–H groups in total. The number of benzene rings is 1. The van der Waals surface area contributed by atoms with Crippen LogP contribution in [-0.2, 0) is 14.3 Å². The van der Waals surface area contributed by atoms with Crippen LogP contribution in [0.1, 0.15) is 62.8 Å². The largest absolute Gasteiger partial charge is 0.378 e. The highest BCUT2D eigenvalue weighted by Gasteiger charge is 2.58. The van der Waals surface area contributed by atoms with Crippen molar-refractivity contribution in [2.24, 2.45) is 5.73 Å². The molecule has 6 rings (SSSR count). The molecule has 1 spiro atoms. The zero-order valence-corrected chi connectivity index (χ0v) is 20.3. The van der Waals surface area contributed by atoms with Crippen molar-refractivity contribution in [3.8, 4) is 0 Å². The van der Waals surface area contributed by atoms with Crippen LogP contribution in [0.15, 0.2) is 30.3 Å². The first-order valence-corrected chi connectivity index (χ1v) is 13.2. The number of nitrogens with zero attached hydrogens (tertiary/aromatic N) is 3. The second-order valence-corrected chi connectivity index (χ2v) is 11.4. The fourth-order valence-corrected chi connectivity index (χ4v) is 7.05. The second-order valence-electron chi connectivity index (χ2n) is 11.4. The summed E-state index contributed by atoms with van der Waals surface area (Å²) in [4.78, 5) is 34.0. The molecule has 0 aromatic heterocycles. The number of rotatable bonds is 4. The highest BCUT2D eigenvalue weighted by molar-refractivity contribution is 5.91. The van der Waals surface area contributed by atoms with Crippen LogP contribution in [0.5, 0.6) is 0 Å². The van der Waals surface area contributed by atoms with Gasteiger partial charge in [-0.05, 0) is 64.0 Å². The van der Waals surface area contributed by atoms with Crippen molar-refractivity contribution in [1.82, 2.24) is 14.7 Å². The van der Waals surface area contributed by atoms with Crippen molar-refractivity contribution in [2.45, 2.75) is 93.0 Å². The molecule has 34 heavy (non-hydrogen) atoms. The number of likely N-dealkylation sites (N-methyl/N-ethyl adjacent to an activating group) is 1. The number of nitrogens with two attached hydrogens (primary N) is 1. The van der Waals surface area contributed by atoms with Crippen molar-refractivity contribution >= 4 is 11.8 Å². The Bertz CT molecular complexity index is 931. The Labute approximate surface area is 202 Å². The van der Waals surface area contributed by atoms with Crippen molar-refractivity contribution in [3.63, 3.8) is 0 Å². The minimum absolute atomic E-state index is 0.0105. The molecule has 4 saturated heterocycles. The molecule has 7 heteroatoms. The Kier molecular flexibility index (Phi) is 5.70. The molecule has 0 bridgehead atoms. The van der Waals surface area contributed by atoms with Gasteiger partial charge in [-0.25, -0.2) is 0 Å². The van der Waals surface area contributed by atoms with Gasteiger partial charge in [0.1, 0.15) is 6.04 Å². The fourth-order valence-electron chi connectivity index (χ4n) is 7.05. The van der Waals surface area contributed by atoms with E-state index in [1.165, 1.54) is 5.56 Å².